The molecule has 2 heteroatoms. The van der Waals surface area contributed by atoms with Gasteiger partial charge in [-0.1, -0.05) is 0 Å². The first-order valence-electron chi connectivity index (χ1n) is 1.87. The van der Waals surface area contributed by atoms with E-state index in [1.807, 2.05) is 0 Å². The van der Waals surface area contributed by atoms with Crippen LogP contribution in [0.15, 0.2) is 0 Å². The van der Waals surface area contributed by atoms with Crippen molar-refractivity contribution in [1.82, 2.24) is 0 Å². The first-order valence-corrected chi connectivity index (χ1v) is 1.87. The van der Waals surface area contributed by atoms with Crippen LogP contribution in [0.25, 0.3) is 0 Å². The van der Waals surface area contributed by atoms with Crippen molar-refractivity contribution in [3.8, 4) is 0 Å². The van der Waals surface area contributed by atoms with Gasteiger partial charge in [0.25, 0.3) is 6.61 Å². The number of hydrogen-bond acceptors (Lipinski definition) is 2. The van der Waals surface area contributed by atoms with Gasteiger partial charge in [0, 0.05) is 0 Å². The summed E-state index contributed by atoms with van der Waals surface area (Å²) in [5, 5.41) is 0. The molecule has 0 spiro atoms. The minimum absolute atomic E-state index is 0.597. The van der Waals surface area contributed by atoms with Crippen LogP contribution in [0.2, 0.25) is 0 Å². The van der Waals surface area contributed by atoms with Gasteiger partial charge in [-0.05, 0) is 0 Å². The van der Waals surface area contributed by atoms with Crippen molar-refractivity contribution in [2.24, 2.45) is 0 Å². The second-order valence-electron chi connectivity index (χ2n) is 1.00. The maximum atomic E-state index is 4.76. The van der Waals surface area contributed by atoms with Gasteiger partial charge in [-0.3, -0.25) is 0 Å². The lowest BCUT2D eigenvalue weighted by Crippen LogP contribution is -2.07. The first kappa shape index (κ1) is 3.96. The van der Waals surface area contributed by atoms with Gasteiger partial charge in [0.15, 0.2) is 0 Å². The van der Waals surface area contributed by atoms with Gasteiger partial charge in [-0.2, -0.15) is 4.74 Å². The summed E-state index contributed by atoms with van der Waals surface area (Å²) in [6.07, 6.45) is 0. The van der Waals surface area contributed by atoms with Crippen LogP contribution in [0, 0.1) is 13.2 Å². The smallest absolute Gasteiger partial charge is 0.254 e. The Balaban J connectivity index is 2.00. The number of hydrogen-bond donors (Lipinski definition) is 0. The molecule has 33 valence electrons. The molecular weight excluding hydrogens is 80.0 g/mol. The van der Waals surface area contributed by atoms with Gasteiger partial charge in [-0.15, -0.1) is 0 Å². The number of rotatable bonds is 0. The van der Waals surface area contributed by atoms with Crippen molar-refractivity contribution in [2.75, 3.05) is 13.2 Å². The molecule has 0 aromatic rings. The average Bonchev–Trinajstić information content (AvgIpc) is 1.72. The molecule has 2 nitrogen and oxygen atoms in total. The van der Waals surface area contributed by atoms with E-state index >= 15 is 0 Å². The highest BCUT2D eigenvalue weighted by molar-refractivity contribution is 4.59. The van der Waals surface area contributed by atoms with Crippen LogP contribution in [0.1, 0.15) is 0 Å². The first-order chi connectivity index (χ1) is 3.00. The van der Waals surface area contributed by atoms with E-state index in [1.165, 1.54) is 0 Å². The molecule has 0 aromatic carbocycles. The topological polar surface area (TPSA) is 18.5 Å². The normalized spacial score (nSPS) is 22.7. The lowest BCUT2D eigenvalue weighted by Gasteiger charge is -1.98. The molecular formula is C4H6O2+. The predicted molar refractivity (Wildman–Crippen MR) is 20.5 cm³/mol. The highest BCUT2D eigenvalue weighted by atomic mass is 16.6. The van der Waals surface area contributed by atoms with E-state index in [0.717, 1.165) is 0 Å². The molecule has 0 bridgehead atoms. The SMILES string of the molecule is [CH]1CO[CH+]CO1. The Hall–Kier alpha value is -0.210. The Morgan fingerprint density at radius 3 is 2.83 bits per heavy atom. The molecule has 6 heavy (non-hydrogen) atoms. The van der Waals surface area contributed by atoms with Crippen LogP contribution < -0.4 is 0 Å². The van der Waals surface area contributed by atoms with Crippen molar-refractivity contribution in [3.63, 3.8) is 0 Å². The van der Waals surface area contributed by atoms with Crippen LogP contribution >= 0.6 is 0 Å². The van der Waals surface area contributed by atoms with Gasteiger partial charge in [-0.25, -0.2) is 0 Å². The van der Waals surface area contributed by atoms with Crippen LogP contribution in [-0.2, 0) is 9.47 Å². The quantitative estimate of drug-likeness (QED) is 0.396. The summed E-state index contributed by atoms with van der Waals surface area (Å²) >= 11 is 0. The Bertz CT molecular complexity index is 21.0. The molecule has 0 N–H and O–H groups in total. The minimum atomic E-state index is 0.597. The molecule has 1 fully saturated rings. The lowest BCUT2D eigenvalue weighted by atomic mass is 10.6. The maximum Gasteiger partial charge on any atom is 0.254 e. The third-order valence-corrected chi connectivity index (χ3v) is 0.564. The van der Waals surface area contributed by atoms with Gasteiger partial charge in [0.2, 0.25) is 6.61 Å². The fraction of sp³-hybridized carbons (Fsp3) is 0.500. The Labute approximate surface area is 37.1 Å². The van der Waals surface area contributed by atoms with E-state index in [9.17, 15) is 0 Å². The largest absolute Gasteiger partial charge is 0.328 e. The van der Waals surface area contributed by atoms with Crippen LogP contribution in [0.3, 0.4) is 0 Å². The van der Waals surface area contributed by atoms with Crippen LogP contribution in [0.4, 0.5) is 0 Å². The highest BCUT2D eigenvalue weighted by Crippen LogP contribution is 1.94. The molecule has 0 saturated carbocycles. The third-order valence-electron chi connectivity index (χ3n) is 0.564. The van der Waals surface area contributed by atoms with Crippen LogP contribution in [0.5, 0.6) is 0 Å². The molecule has 0 aliphatic carbocycles. The van der Waals surface area contributed by atoms with Gasteiger partial charge < -0.3 is 4.74 Å². The Morgan fingerprint density at radius 1 is 1.67 bits per heavy atom. The van der Waals surface area contributed by atoms with Crippen molar-refractivity contribution in [1.29, 1.82) is 0 Å². The monoisotopic (exact) mass is 86.0 g/mol. The molecule has 1 radical (unpaired) electrons. The summed E-state index contributed by atoms with van der Waals surface area (Å²) in [5.41, 5.74) is 0. The average molecular weight is 86.1 g/mol. The number of ether oxygens (including phenoxy) is 2. The molecule has 1 saturated heterocycles. The van der Waals surface area contributed by atoms with Crippen molar-refractivity contribution in [3.05, 3.63) is 13.2 Å². The van der Waals surface area contributed by atoms with E-state index in [0.29, 0.717) is 13.2 Å². The standard InChI is InChI=1S/C4H6O2/c1-2-6-4-3-5-1/h1,4H,2-3H2/q+1. The predicted octanol–water partition coefficient (Wildman–Crippen LogP) is 0.357. The lowest BCUT2D eigenvalue weighted by molar-refractivity contribution is 0.0508. The molecule has 0 atom stereocenters. The van der Waals surface area contributed by atoms with Crippen molar-refractivity contribution >= 4 is 0 Å². The molecule has 1 aliphatic rings. The molecule has 0 aromatic heterocycles. The zero-order valence-electron chi connectivity index (χ0n) is 3.39. The zero-order valence-corrected chi connectivity index (χ0v) is 3.39. The summed E-state index contributed by atoms with van der Waals surface area (Å²) < 4.78 is 9.53. The van der Waals surface area contributed by atoms with E-state index in [4.69, 9.17) is 9.47 Å². The van der Waals surface area contributed by atoms with Gasteiger partial charge in [0.1, 0.15) is 13.2 Å². The molecule has 1 rings (SSSR count). The summed E-state index contributed by atoms with van der Waals surface area (Å²) in [6.45, 7) is 4.47. The summed E-state index contributed by atoms with van der Waals surface area (Å²) in [6, 6.07) is 0. The zero-order chi connectivity index (χ0) is 4.24. The van der Waals surface area contributed by atoms with E-state index < -0.39 is 0 Å². The fourth-order valence-electron chi connectivity index (χ4n) is 0.311. The summed E-state index contributed by atoms with van der Waals surface area (Å²) in [7, 11) is 0. The molecule has 0 unspecified atom stereocenters. The second kappa shape index (κ2) is 2.05. The highest BCUT2D eigenvalue weighted by Gasteiger charge is 2.05. The van der Waals surface area contributed by atoms with Crippen molar-refractivity contribution < 1.29 is 9.47 Å². The fourth-order valence-corrected chi connectivity index (χ4v) is 0.311. The second-order valence-corrected chi connectivity index (χ2v) is 1.00. The maximum absolute atomic E-state index is 4.76. The van der Waals surface area contributed by atoms with Crippen LogP contribution in [-0.4, -0.2) is 13.2 Å². The minimum Gasteiger partial charge on any atom is -0.328 e. The molecule has 1 heterocycles. The van der Waals surface area contributed by atoms with Crippen molar-refractivity contribution in [2.45, 2.75) is 0 Å². The van der Waals surface area contributed by atoms with Gasteiger partial charge in [0.05, 0.1) is 0 Å². The Kier molecular flexibility index (Phi) is 1.36. The third kappa shape index (κ3) is 0.880. The molecule has 0 amide bonds. The van der Waals surface area contributed by atoms with E-state index in [2.05, 4.69) is 0 Å². The van der Waals surface area contributed by atoms with E-state index in [1.54, 1.807) is 13.2 Å². The summed E-state index contributed by atoms with van der Waals surface area (Å²) in [5.74, 6) is 0. The molecule has 1 aliphatic heterocycles. The Morgan fingerprint density at radius 2 is 2.67 bits per heavy atom. The summed E-state index contributed by atoms with van der Waals surface area (Å²) in [4.78, 5) is 0. The van der Waals surface area contributed by atoms with Gasteiger partial charge >= 0.3 is 0 Å². The van der Waals surface area contributed by atoms with E-state index in [-0.39, 0.29) is 0 Å².